The van der Waals surface area contributed by atoms with E-state index in [1.165, 1.54) is 51.1 Å². The molecule has 4 aromatic heterocycles. The molecule has 0 aliphatic heterocycles. The summed E-state index contributed by atoms with van der Waals surface area (Å²) in [5.41, 5.74) is 4.93. The third kappa shape index (κ3) is 12.3. The van der Waals surface area contributed by atoms with E-state index in [1.807, 2.05) is 0 Å². The average molecular weight is 640 g/mol. The molecule has 0 atom stereocenters. The first-order chi connectivity index (χ1) is 21.1. The average Bonchev–Trinajstić information content (AvgIpc) is 3.84. The number of nitrogens with two attached hydrogens (primary N) is 1. The van der Waals surface area contributed by atoms with E-state index in [4.69, 9.17) is 5.11 Å². The SMILES string of the molecule is COC(=O)C(=O)c1ccc[nH]1.COCc1ccc(C(=O)C(F)(F)F)o1.NC(=O)C(=O)c1ncc[nH]1.O=C(O)C(=O)c1ncc[nH]1. The van der Waals surface area contributed by atoms with Gasteiger partial charge in [0.15, 0.2) is 17.4 Å². The molecule has 0 radical (unpaired) electrons. The van der Waals surface area contributed by atoms with E-state index in [-0.39, 0.29) is 29.7 Å². The van der Waals surface area contributed by atoms with Gasteiger partial charge in [-0.2, -0.15) is 13.2 Å². The van der Waals surface area contributed by atoms with Crippen LogP contribution in [-0.2, 0) is 30.5 Å². The second-order valence-electron chi connectivity index (χ2n) is 7.63. The van der Waals surface area contributed by atoms with Gasteiger partial charge in [0, 0.05) is 38.1 Å². The van der Waals surface area contributed by atoms with Gasteiger partial charge in [-0.15, -0.1) is 0 Å². The number of carboxylic acid groups (broad SMARTS) is 1. The zero-order valence-corrected chi connectivity index (χ0v) is 23.0. The number of hydrogen-bond donors (Lipinski definition) is 5. The molecule has 0 saturated heterocycles. The fourth-order valence-corrected chi connectivity index (χ4v) is 2.53. The van der Waals surface area contributed by atoms with Crippen molar-refractivity contribution < 1.29 is 65.7 Å². The zero-order valence-electron chi connectivity index (χ0n) is 23.0. The molecule has 0 spiro atoms. The Bertz CT molecular complexity index is 1520. The number of imidazole rings is 2. The minimum Gasteiger partial charge on any atom is -0.475 e. The number of rotatable bonds is 9. The number of esters is 1. The summed E-state index contributed by atoms with van der Waals surface area (Å²) < 4.78 is 49.1. The molecule has 0 saturated carbocycles. The number of nitrogens with zero attached hydrogens (tertiary/aromatic N) is 2. The van der Waals surface area contributed by atoms with Gasteiger partial charge in [-0.05, 0) is 24.3 Å². The lowest BCUT2D eigenvalue weighted by molar-refractivity contribution is -0.135. The molecule has 240 valence electrons. The van der Waals surface area contributed by atoms with Crippen molar-refractivity contribution in [1.82, 2.24) is 24.9 Å². The maximum Gasteiger partial charge on any atom is 0.458 e. The second kappa shape index (κ2) is 17.7. The molecule has 17 nitrogen and oxygen atoms in total. The lowest BCUT2D eigenvalue weighted by Crippen LogP contribution is -2.23. The first-order valence-corrected chi connectivity index (χ1v) is 11.7. The number of primary amides is 1. The summed E-state index contributed by atoms with van der Waals surface area (Å²) in [7, 11) is 2.54. The van der Waals surface area contributed by atoms with Crippen molar-refractivity contribution in [3.05, 3.63) is 84.1 Å². The molecule has 45 heavy (non-hydrogen) atoms. The van der Waals surface area contributed by atoms with Crippen LogP contribution in [0.5, 0.6) is 0 Å². The number of carbonyl (C=O) groups excluding carboxylic acids is 6. The first-order valence-electron chi connectivity index (χ1n) is 11.7. The molecule has 4 aromatic rings. The highest BCUT2D eigenvalue weighted by Gasteiger charge is 2.41. The predicted molar refractivity (Wildman–Crippen MR) is 140 cm³/mol. The Balaban J connectivity index is 0.000000303. The fourth-order valence-electron chi connectivity index (χ4n) is 2.53. The number of methoxy groups -OCH3 is 2. The van der Waals surface area contributed by atoms with Gasteiger partial charge in [-0.1, -0.05) is 0 Å². The van der Waals surface area contributed by atoms with Crippen LogP contribution in [0, 0.1) is 0 Å². The highest BCUT2D eigenvalue weighted by molar-refractivity contribution is 6.41. The molecule has 6 N–H and O–H groups in total. The summed E-state index contributed by atoms with van der Waals surface area (Å²) in [4.78, 5) is 87.9. The molecule has 0 aliphatic carbocycles. The molecular weight excluding hydrogens is 617 g/mol. The number of carbonyl (C=O) groups is 7. The number of nitrogens with one attached hydrogen (secondary N) is 3. The minimum absolute atomic E-state index is 0.0208. The number of carboxylic acids is 1. The topological polar surface area (TPSA) is 270 Å². The summed E-state index contributed by atoms with van der Waals surface area (Å²) in [5, 5.41) is 8.14. The highest BCUT2D eigenvalue weighted by atomic mass is 19.4. The molecular formula is C25H23F3N6O11. The molecule has 4 rings (SSSR count). The lowest BCUT2D eigenvalue weighted by atomic mass is 10.3. The number of ketones is 4. The van der Waals surface area contributed by atoms with Crippen LogP contribution < -0.4 is 5.73 Å². The van der Waals surface area contributed by atoms with Gasteiger partial charge in [0.05, 0.1) is 12.8 Å². The van der Waals surface area contributed by atoms with E-state index in [0.717, 1.165) is 6.07 Å². The molecule has 0 bridgehead atoms. The molecule has 0 aromatic carbocycles. The second-order valence-corrected chi connectivity index (χ2v) is 7.63. The lowest BCUT2D eigenvalue weighted by Gasteiger charge is -2.01. The molecule has 20 heteroatoms. The van der Waals surface area contributed by atoms with Crippen molar-refractivity contribution >= 4 is 41.0 Å². The number of H-pyrrole nitrogens is 3. The predicted octanol–water partition coefficient (Wildman–Crippen LogP) is 1.30. The van der Waals surface area contributed by atoms with Crippen LogP contribution in [0.4, 0.5) is 13.2 Å². The van der Waals surface area contributed by atoms with Crippen molar-refractivity contribution in [3.8, 4) is 0 Å². The summed E-state index contributed by atoms with van der Waals surface area (Å²) in [6, 6.07) is 5.39. The van der Waals surface area contributed by atoms with Crippen LogP contribution in [0.25, 0.3) is 0 Å². The minimum atomic E-state index is -4.90. The van der Waals surface area contributed by atoms with Gasteiger partial charge < -0.3 is 39.7 Å². The number of aliphatic carboxylic acids is 1. The summed E-state index contributed by atoms with van der Waals surface area (Å²) >= 11 is 0. The van der Waals surface area contributed by atoms with Gasteiger partial charge in [0.2, 0.25) is 0 Å². The maximum atomic E-state index is 11.9. The molecule has 4 heterocycles. The van der Waals surface area contributed by atoms with Gasteiger partial charge in [0.25, 0.3) is 17.5 Å². The Labute approximate surface area is 248 Å². The fraction of sp³-hybridized carbons (Fsp3) is 0.160. The van der Waals surface area contributed by atoms with Crippen LogP contribution in [0.1, 0.15) is 48.0 Å². The Morgan fingerprint density at radius 1 is 0.867 bits per heavy atom. The van der Waals surface area contributed by atoms with Crippen LogP contribution >= 0.6 is 0 Å². The number of hydrogen-bond acceptors (Lipinski definition) is 12. The Hall–Kier alpha value is -6.18. The summed E-state index contributed by atoms with van der Waals surface area (Å²) in [6.07, 6.45) is 2.18. The van der Waals surface area contributed by atoms with Crippen molar-refractivity contribution in [3.63, 3.8) is 0 Å². The standard InChI is InChI=1S/C8H7F3O3.C7H7NO3.C5H5N3O2.C5H4N2O3/c1-13-4-5-2-3-6(14-5)7(12)8(9,10)11;1-11-7(10)6(9)5-3-2-4-8-5;6-4(10)3(9)5-7-1-2-8-5;8-3(5(9)10)4-6-1-2-7-4/h2-3H,4H2,1H3;2-4,8H,1H3;1-2H,(H2,6,10)(H,7,8);1-2H,(H,6,7)(H,9,10). The number of furan rings is 1. The number of aromatic nitrogens is 5. The number of alkyl halides is 3. The Morgan fingerprint density at radius 3 is 1.84 bits per heavy atom. The first kappa shape index (κ1) is 36.8. The van der Waals surface area contributed by atoms with Crippen LogP contribution in [0.3, 0.4) is 0 Å². The number of amides is 1. The monoisotopic (exact) mass is 640 g/mol. The smallest absolute Gasteiger partial charge is 0.458 e. The van der Waals surface area contributed by atoms with E-state index < -0.39 is 52.9 Å². The van der Waals surface area contributed by atoms with E-state index in [9.17, 15) is 46.7 Å². The number of halogens is 3. The number of aromatic amines is 3. The molecule has 1 amide bonds. The maximum absolute atomic E-state index is 11.9. The van der Waals surface area contributed by atoms with Gasteiger partial charge in [-0.25, -0.2) is 19.6 Å². The molecule has 0 aliphatic rings. The number of Topliss-reactive ketones (excluding diaryl/α,β-unsaturated/α-hetero) is 4. The largest absolute Gasteiger partial charge is 0.475 e. The van der Waals surface area contributed by atoms with Crippen LogP contribution in [0.2, 0.25) is 0 Å². The quantitative estimate of drug-likeness (QED) is 0.0981. The van der Waals surface area contributed by atoms with Gasteiger partial charge in [-0.3, -0.25) is 24.0 Å². The summed E-state index contributed by atoms with van der Waals surface area (Å²) in [5.74, 6) is -8.53. The van der Waals surface area contributed by atoms with E-state index in [2.05, 4.69) is 44.5 Å². The third-order valence-electron chi connectivity index (χ3n) is 4.49. The zero-order chi connectivity index (χ0) is 34.2. The Morgan fingerprint density at radius 2 is 1.44 bits per heavy atom. The Kier molecular flexibility index (Phi) is 14.5. The normalized spacial score (nSPS) is 9.98. The molecule has 0 unspecified atom stereocenters. The van der Waals surface area contributed by atoms with Crippen molar-refractivity contribution in [1.29, 1.82) is 0 Å². The molecule has 0 fully saturated rings. The highest BCUT2D eigenvalue weighted by Crippen LogP contribution is 2.22. The van der Waals surface area contributed by atoms with E-state index >= 15 is 0 Å². The van der Waals surface area contributed by atoms with Crippen LogP contribution in [0.15, 0.2) is 59.7 Å². The third-order valence-corrected chi connectivity index (χ3v) is 4.49. The van der Waals surface area contributed by atoms with Crippen molar-refractivity contribution in [2.24, 2.45) is 5.73 Å². The summed E-state index contributed by atoms with van der Waals surface area (Å²) in [6.45, 7) is 0.0329. The van der Waals surface area contributed by atoms with Crippen molar-refractivity contribution in [2.75, 3.05) is 14.2 Å². The van der Waals surface area contributed by atoms with E-state index in [0.29, 0.717) is 0 Å². The van der Waals surface area contributed by atoms with E-state index in [1.54, 1.807) is 12.3 Å². The van der Waals surface area contributed by atoms with Crippen molar-refractivity contribution in [2.45, 2.75) is 12.8 Å². The van der Waals surface area contributed by atoms with Crippen LogP contribution in [-0.4, -0.2) is 91.4 Å². The van der Waals surface area contributed by atoms with Gasteiger partial charge in [0.1, 0.15) is 12.4 Å². The van der Waals surface area contributed by atoms with Gasteiger partial charge >= 0.3 is 29.7 Å². The number of ether oxygens (including phenoxy) is 2.